The molecule has 3 rings (SSSR count). The number of nitrogens with zero attached hydrogens (tertiary/aromatic N) is 2. The molecule has 0 spiro atoms. The number of hydrogen-bond donors (Lipinski definition) is 5. The molecule has 10 heteroatoms. The molecule has 1 aliphatic carbocycles. The van der Waals surface area contributed by atoms with E-state index in [-0.39, 0.29) is 30.2 Å². The van der Waals surface area contributed by atoms with Crippen LogP contribution in [0.25, 0.3) is 0 Å². The van der Waals surface area contributed by atoms with E-state index in [1.165, 1.54) is 0 Å². The molecule has 0 radical (unpaired) electrons. The van der Waals surface area contributed by atoms with Crippen LogP contribution in [0.2, 0.25) is 0 Å². The summed E-state index contributed by atoms with van der Waals surface area (Å²) in [4.78, 5) is 21.2. The van der Waals surface area contributed by atoms with E-state index in [1.807, 2.05) is 37.3 Å². The number of aryl methyl sites for hydroxylation is 1. The van der Waals surface area contributed by atoms with E-state index in [4.69, 9.17) is 22.7 Å². The van der Waals surface area contributed by atoms with E-state index in [9.17, 15) is 9.90 Å². The molecule has 1 aromatic heterocycles. The van der Waals surface area contributed by atoms with Crippen molar-refractivity contribution in [1.29, 1.82) is 0 Å². The number of ether oxygens (including phenoxy) is 1. The van der Waals surface area contributed by atoms with Gasteiger partial charge in [-0.2, -0.15) is 4.98 Å². The molecule has 0 bridgehead atoms. The number of amides is 1. The van der Waals surface area contributed by atoms with E-state index in [2.05, 4.69) is 39.8 Å². The van der Waals surface area contributed by atoms with Gasteiger partial charge in [0.15, 0.2) is 0 Å². The number of carbonyl (C=O) groups excluding carboxylic acids is 1. The third kappa shape index (κ3) is 6.54. The minimum Gasteiger partial charge on any atom is -0.445 e. The van der Waals surface area contributed by atoms with Crippen LogP contribution in [0, 0.1) is 24.7 Å². The summed E-state index contributed by atoms with van der Waals surface area (Å²) in [5.41, 5.74) is 8.18. The second-order valence-electron chi connectivity index (χ2n) is 8.78. The molecule has 2 aromatic rings. The average Bonchev–Trinajstić information content (AvgIpc) is 3.08. The van der Waals surface area contributed by atoms with Crippen LogP contribution in [0.1, 0.15) is 37.1 Å². The Balaban J connectivity index is 1.57. The van der Waals surface area contributed by atoms with Crippen molar-refractivity contribution in [2.45, 2.75) is 39.8 Å². The molecule has 1 amide bonds. The van der Waals surface area contributed by atoms with Gasteiger partial charge in [0.05, 0.1) is 11.3 Å². The summed E-state index contributed by atoms with van der Waals surface area (Å²) < 4.78 is 5.21. The molecular formula is C24H34N6O3S. The lowest BCUT2D eigenvalue weighted by molar-refractivity contribution is 0.140. The van der Waals surface area contributed by atoms with Crippen molar-refractivity contribution in [2.24, 2.45) is 23.5 Å². The maximum absolute atomic E-state index is 11.9. The fourth-order valence-corrected chi connectivity index (χ4v) is 4.57. The number of aliphatic hydroxyl groups excluding tert-OH is 1. The number of alkyl carbamates (subject to hydrolysis) is 1. The van der Waals surface area contributed by atoms with Crippen LogP contribution in [-0.2, 0) is 11.3 Å². The first-order chi connectivity index (χ1) is 16.3. The Morgan fingerprint density at radius 3 is 2.59 bits per heavy atom. The van der Waals surface area contributed by atoms with E-state index in [0.29, 0.717) is 47.9 Å². The summed E-state index contributed by atoms with van der Waals surface area (Å²) in [5.74, 6) is 1.99. The van der Waals surface area contributed by atoms with E-state index in [0.717, 1.165) is 12.0 Å². The van der Waals surface area contributed by atoms with Gasteiger partial charge in [0.1, 0.15) is 17.4 Å². The summed E-state index contributed by atoms with van der Waals surface area (Å²) in [5, 5.41) is 19.0. The summed E-state index contributed by atoms with van der Waals surface area (Å²) in [6.45, 7) is 7.31. The Kier molecular flexibility index (Phi) is 9.00. The number of rotatable bonds is 10. The summed E-state index contributed by atoms with van der Waals surface area (Å²) in [7, 11) is 0. The van der Waals surface area contributed by atoms with Crippen LogP contribution in [0.4, 0.5) is 16.6 Å². The monoisotopic (exact) mass is 486 g/mol. The molecule has 1 aliphatic rings. The quantitative estimate of drug-likeness (QED) is 0.254. The standard InChI is InChI=1S/C24H34N6O3S/c1-14-15(2)19(11-18(14)12-31)29-22-20(21(25)34)16(3)28-23(30-22)26-9-10-27-24(32)33-13-17-7-5-4-6-8-17/h4-8,14-15,18-19,31H,9-13H2,1-3H3,(H2,25,34)(H,27,32)(H2,26,28,29,30). The van der Waals surface area contributed by atoms with Crippen molar-refractivity contribution in [1.82, 2.24) is 15.3 Å². The third-order valence-electron chi connectivity index (χ3n) is 6.55. The van der Waals surface area contributed by atoms with Gasteiger partial charge in [0, 0.05) is 25.7 Å². The van der Waals surface area contributed by atoms with Crippen molar-refractivity contribution in [3.05, 3.63) is 47.2 Å². The predicted molar refractivity (Wildman–Crippen MR) is 137 cm³/mol. The van der Waals surface area contributed by atoms with Crippen LogP contribution >= 0.6 is 12.2 Å². The molecule has 0 saturated heterocycles. The molecule has 0 aliphatic heterocycles. The number of carbonyl (C=O) groups is 1. The highest BCUT2D eigenvalue weighted by Crippen LogP contribution is 2.38. The molecule has 4 atom stereocenters. The van der Waals surface area contributed by atoms with Gasteiger partial charge in [-0.05, 0) is 36.7 Å². The Morgan fingerprint density at radius 1 is 1.21 bits per heavy atom. The maximum atomic E-state index is 11.9. The van der Waals surface area contributed by atoms with Gasteiger partial charge in [-0.3, -0.25) is 0 Å². The molecule has 1 fully saturated rings. The molecular weight excluding hydrogens is 452 g/mol. The second-order valence-corrected chi connectivity index (χ2v) is 9.22. The van der Waals surface area contributed by atoms with E-state index in [1.54, 1.807) is 0 Å². The Labute approximate surface area is 205 Å². The molecule has 4 unspecified atom stereocenters. The van der Waals surface area contributed by atoms with Gasteiger partial charge in [-0.25, -0.2) is 9.78 Å². The molecule has 184 valence electrons. The maximum Gasteiger partial charge on any atom is 0.407 e. The Morgan fingerprint density at radius 2 is 1.94 bits per heavy atom. The minimum absolute atomic E-state index is 0.142. The van der Waals surface area contributed by atoms with Crippen molar-refractivity contribution >= 4 is 35.1 Å². The number of nitrogens with one attached hydrogen (secondary N) is 3. The number of anilines is 2. The molecule has 9 nitrogen and oxygen atoms in total. The number of thiocarbonyl (C=S) groups is 1. The zero-order chi connectivity index (χ0) is 24.7. The molecule has 1 aromatic carbocycles. The van der Waals surface area contributed by atoms with Crippen LogP contribution < -0.4 is 21.7 Å². The van der Waals surface area contributed by atoms with Crippen LogP contribution in [0.5, 0.6) is 0 Å². The van der Waals surface area contributed by atoms with Crippen LogP contribution in [-0.4, -0.2) is 51.9 Å². The first-order valence-corrected chi connectivity index (χ1v) is 11.9. The van der Waals surface area contributed by atoms with Crippen molar-refractivity contribution < 1.29 is 14.6 Å². The molecule has 1 heterocycles. The molecule has 6 N–H and O–H groups in total. The first-order valence-electron chi connectivity index (χ1n) is 11.5. The molecule has 1 saturated carbocycles. The topological polar surface area (TPSA) is 134 Å². The highest BCUT2D eigenvalue weighted by Gasteiger charge is 2.38. The second kappa shape index (κ2) is 11.9. The first kappa shape index (κ1) is 25.6. The van der Waals surface area contributed by atoms with Crippen molar-refractivity contribution in [2.75, 3.05) is 30.3 Å². The highest BCUT2D eigenvalue weighted by molar-refractivity contribution is 7.80. The lowest BCUT2D eigenvalue weighted by atomic mass is 9.92. The van der Waals surface area contributed by atoms with Crippen LogP contribution in [0.15, 0.2) is 30.3 Å². The number of benzene rings is 1. The minimum atomic E-state index is -0.489. The normalized spacial score (nSPS) is 21.6. The van der Waals surface area contributed by atoms with Gasteiger partial charge in [0.2, 0.25) is 5.95 Å². The van der Waals surface area contributed by atoms with Gasteiger partial charge in [0.25, 0.3) is 0 Å². The fraction of sp³-hybridized carbons (Fsp3) is 0.500. The smallest absolute Gasteiger partial charge is 0.407 e. The summed E-state index contributed by atoms with van der Waals surface area (Å²) in [6, 6.07) is 9.64. The Bertz CT molecular complexity index is 990. The highest BCUT2D eigenvalue weighted by atomic mass is 32.1. The molecule has 34 heavy (non-hydrogen) atoms. The number of aromatic nitrogens is 2. The van der Waals surface area contributed by atoms with E-state index >= 15 is 0 Å². The zero-order valence-electron chi connectivity index (χ0n) is 19.9. The summed E-state index contributed by atoms with van der Waals surface area (Å²) in [6.07, 6.45) is 0.355. The van der Waals surface area contributed by atoms with Gasteiger partial charge in [-0.1, -0.05) is 56.4 Å². The van der Waals surface area contributed by atoms with Gasteiger partial charge < -0.3 is 31.5 Å². The largest absolute Gasteiger partial charge is 0.445 e. The van der Waals surface area contributed by atoms with Crippen molar-refractivity contribution in [3.8, 4) is 0 Å². The Hall–Kier alpha value is -2.98. The fourth-order valence-electron chi connectivity index (χ4n) is 4.32. The van der Waals surface area contributed by atoms with Crippen molar-refractivity contribution in [3.63, 3.8) is 0 Å². The lowest BCUT2D eigenvalue weighted by Crippen LogP contribution is -2.30. The SMILES string of the molecule is Cc1nc(NCCNC(=O)OCc2ccccc2)nc(NC2CC(CO)C(C)C2C)c1C(N)=S. The predicted octanol–water partition coefficient (Wildman–Crippen LogP) is 2.82. The number of nitrogens with two attached hydrogens (primary N) is 1. The number of aliphatic hydroxyl groups is 1. The van der Waals surface area contributed by atoms with E-state index < -0.39 is 6.09 Å². The number of hydrogen-bond acceptors (Lipinski definition) is 8. The summed E-state index contributed by atoms with van der Waals surface area (Å²) >= 11 is 5.25. The van der Waals surface area contributed by atoms with Crippen LogP contribution in [0.3, 0.4) is 0 Å². The van der Waals surface area contributed by atoms with Gasteiger partial charge in [-0.15, -0.1) is 0 Å². The average molecular weight is 487 g/mol. The lowest BCUT2D eigenvalue weighted by Gasteiger charge is -2.22. The van der Waals surface area contributed by atoms with Gasteiger partial charge >= 0.3 is 6.09 Å². The third-order valence-corrected chi connectivity index (χ3v) is 6.75. The zero-order valence-corrected chi connectivity index (χ0v) is 20.7.